The van der Waals surface area contributed by atoms with Crippen molar-refractivity contribution >= 4 is 40.5 Å². The maximum Gasteiger partial charge on any atom is 0.491 e. The Morgan fingerprint density at radius 1 is 1.00 bits per heavy atom. The summed E-state index contributed by atoms with van der Waals surface area (Å²) in [5, 5.41) is 3.76. The molecule has 3 aliphatic rings. The highest BCUT2D eigenvalue weighted by molar-refractivity contribution is 8.18. The van der Waals surface area contributed by atoms with Gasteiger partial charge in [0.2, 0.25) is 0 Å². The zero-order valence-electron chi connectivity index (χ0n) is 19.0. The lowest BCUT2D eigenvalue weighted by atomic mass is 10.0. The molecule has 0 fully saturated rings. The largest absolute Gasteiger partial charge is 0.491 e. The van der Waals surface area contributed by atoms with E-state index in [1.54, 1.807) is 24.3 Å². The first-order valence-corrected chi connectivity index (χ1v) is 12.0. The molecule has 2 heterocycles. The van der Waals surface area contributed by atoms with Crippen molar-refractivity contribution in [3.8, 4) is 11.1 Å². The number of rotatable bonds is 5. The van der Waals surface area contributed by atoms with Crippen LogP contribution in [0.3, 0.4) is 0 Å². The van der Waals surface area contributed by atoms with Crippen LogP contribution >= 0.6 is 11.8 Å². The second-order valence-corrected chi connectivity index (χ2v) is 9.19. The first-order chi connectivity index (χ1) is 17.7. The van der Waals surface area contributed by atoms with Gasteiger partial charge in [-0.1, -0.05) is 42.5 Å². The summed E-state index contributed by atoms with van der Waals surface area (Å²) < 4.78 is 40.7. The molecule has 0 saturated carbocycles. The Balaban J connectivity index is 1.27. The molecule has 37 heavy (non-hydrogen) atoms. The zero-order valence-corrected chi connectivity index (χ0v) is 19.9. The predicted octanol–water partition coefficient (Wildman–Crippen LogP) is 5.05. The molecule has 0 spiro atoms. The standard InChI is InChI=1S/C26H18F3N3O4S/c27-26(28,29)24(35)36-23(34)18-7-5-15(6-8-18)16-9-11-19(12-10-16)31-22(33)21-20(17-3-1-4-17)32-14-2-13-30-25(32)37-21/h1,3-12H,2,13-14H2,(H,31,33). The second kappa shape index (κ2) is 9.74. The number of esters is 2. The van der Waals surface area contributed by atoms with Gasteiger partial charge in [0.1, 0.15) is 4.91 Å². The average Bonchev–Trinajstić information content (AvgIpc) is 3.22. The van der Waals surface area contributed by atoms with Gasteiger partial charge < -0.3 is 15.0 Å². The fourth-order valence-corrected chi connectivity index (χ4v) is 4.97. The Morgan fingerprint density at radius 2 is 1.65 bits per heavy atom. The van der Waals surface area contributed by atoms with Crippen LogP contribution in [0.2, 0.25) is 0 Å². The SMILES string of the molecule is O=C(Nc1ccc(-c2ccc(C(=O)OC(=O)C(F)(F)F)cc2)cc1)C1=C(C2=CC=C2)N2CCCN=C2S1. The molecule has 0 unspecified atom stereocenters. The molecular formula is C26H18F3N3O4S. The van der Waals surface area contributed by atoms with E-state index in [9.17, 15) is 27.6 Å². The Labute approximate surface area is 213 Å². The number of aliphatic imine (C=N–C) groups is 1. The maximum absolute atomic E-state index is 13.1. The van der Waals surface area contributed by atoms with Gasteiger partial charge in [-0.3, -0.25) is 9.79 Å². The fourth-order valence-electron chi connectivity index (χ4n) is 3.87. The van der Waals surface area contributed by atoms with Crippen molar-refractivity contribution in [2.24, 2.45) is 4.99 Å². The minimum Gasteiger partial charge on any atom is -0.383 e. The number of amidine groups is 1. The van der Waals surface area contributed by atoms with Crippen LogP contribution in [0.4, 0.5) is 18.9 Å². The number of allylic oxidation sites excluding steroid dienone is 3. The summed E-state index contributed by atoms with van der Waals surface area (Å²) in [4.78, 5) is 43.0. The van der Waals surface area contributed by atoms with Gasteiger partial charge >= 0.3 is 18.1 Å². The number of anilines is 1. The smallest absolute Gasteiger partial charge is 0.383 e. The number of nitrogens with one attached hydrogen (secondary N) is 1. The topological polar surface area (TPSA) is 88.1 Å². The molecule has 1 N–H and O–H groups in total. The fraction of sp³-hybridized carbons (Fsp3) is 0.154. The molecule has 2 aromatic carbocycles. The van der Waals surface area contributed by atoms with Crippen LogP contribution in [-0.4, -0.2) is 47.2 Å². The monoisotopic (exact) mass is 525 g/mol. The Kier molecular flexibility index (Phi) is 6.46. The number of benzene rings is 2. The predicted molar refractivity (Wildman–Crippen MR) is 132 cm³/mol. The van der Waals surface area contributed by atoms with E-state index in [0.717, 1.165) is 41.5 Å². The third kappa shape index (κ3) is 5.08. The van der Waals surface area contributed by atoms with Gasteiger partial charge in [0.05, 0.1) is 11.3 Å². The number of fused-ring (bicyclic) bond motifs is 1. The Hall–Kier alpha value is -4.12. The molecule has 188 valence electrons. The number of ether oxygens (including phenoxy) is 1. The van der Waals surface area contributed by atoms with Gasteiger partial charge in [0, 0.05) is 18.8 Å². The Morgan fingerprint density at radius 3 is 2.24 bits per heavy atom. The zero-order chi connectivity index (χ0) is 26.2. The van der Waals surface area contributed by atoms with Crippen molar-refractivity contribution < 1.29 is 32.3 Å². The van der Waals surface area contributed by atoms with Crippen LogP contribution in [0.5, 0.6) is 0 Å². The van der Waals surface area contributed by atoms with Gasteiger partial charge in [-0.05, 0) is 59.1 Å². The van der Waals surface area contributed by atoms with Gasteiger partial charge in [0.15, 0.2) is 5.17 Å². The third-order valence-electron chi connectivity index (χ3n) is 5.74. The molecule has 11 heteroatoms. The number of nitrogens with zero attached hydrogens (tertiary/aromatic N) is 2. The summed E-state index contributed by atoms with van der Waals surface area (Å²) in [5.74, 6) is -4.19. The summed E-state index contributed by atoms with van der Waals surface area (Å²) in [7, 11) is 0. The van der Waals surface area contributed by atoms with Crippen molar-refractivity contribution in [1.29, 1.82) is 0 Å². The van der Waals surface area contributed by atoms with Crippen molar-refractivity contribution in [3.63, 3.8) is 0 Å². The maximum atomic E-state index is 13.1. The lowest BCUT2D eigenvalue weighted by molar-refractivity contribution is -0.193. The number of amides is 1. The molecular weight excluding hydrogens is 507 g/mol. The van der Waals surface area contributed by atoms with E-state index in [4.69, 9.17) is 0 Å². The molecule has 0 saturated heterocycles. The van der Waals surface area contributed by atoms with Crippen LogP contribution in [0.1, 0.15) is 16.8 Å². The molecule has 5 rings (SSSR count). The normalized spacial score (nSPS) is 16.5. The molecule has 1 amide bonds. The van der Waals surface area contributed by atoms with Gasteiger partial charge in [-0.2, -0.15) is 13.2 Å². The number of hydrogen-bond donors (Lipinski definition) is 1. The molecule has 0 bridgehead atoms. The minimum atomic E-state index is -5.25. The highest BCUT2D eigenvalue weighted by atomic mass is 32.2. The molecule has 0 aromatic heterocycles. The first kappa shape index (κ1) is 24.6. The number of hydrogen-bond acceptors (Lipinski definition) is 7. The van der Waals surface area contributed by atoms with E-state index >= 15 is 0 Å². The van der Waals surface area contributed by atoms with Crippen LogP contribution in [0.15, 0.2) is 87.9 Å². The van der Waals surface area contributed by atoms with Crippen LogP contribution in [0, 0.1) is 0 Å². The van der Waals surface area contributed by atoms with Crippen LogP contribution < -0.4 is 5.32 Å². The number of carbonyl (C=O) groups excluding carboxylic acids is 3. The molecule has 0 radical (unpaired) electrons. The lowest BCUT2D eigenvalue weighted by Gasteiger charge is -2.26. The summed E-state index contributed by atoms with van der Waals surface area (Å²) in [6.45, 7) is 1.55. The van der Waals surface area contributed by atoms with E-state index in [1.165, 1.54) is 36.0 Å². The summed E-state index contributed by atoms with van der Waals surface area (Å²) in [5.41, 5.74) is 3.67. The summed E-state index contributed by atoms with van der Waals surface area (Å²) in [6.07, 6.45) is 1.53. The number of alkyl halides is 3. The van der Waals surface area contributed by atoms with E-state index in [2.05, 4.69) is 19.9 Å². The Bertz CT molecular complexity index is 1410. The lowest BCUT2D eigenvalue weighted by Crippen LogP contribution is -2.30. The summed E-state index contributed by atoms with van der Waals surface area (Å²) in [6, 6.07) is 12.5. The van der Waals surface area contributed by atoms with Crippen LogP contribution in [0.25, 0.3) is 11.1 Å². The summed E-state index contributed by atoms with van der Waals surface area (Å²) >= 11 is 1.36. The quantitative estimate of drug-likeness (QED) is 0.434. The molecule has 1 aliphatic carbocycles. The van der Waals surface area contributed by atoms with E-state index < -0.39 is 18.1 Å². The van der Waals surface area contributed by atoms with E-state index in [1.807, 2.05) is 18.2 Å². The average molecular weight is 526 g/mol. The van der Waals surface area contributed by atoms with E-state index in [0.29, 0.717) is 16.2 Å². The molecule has 2 aliphatic heterocycles. The molecule has 0 atom stereocenters. The van der Waals surface area contributed by atoms with Crippen molar-refractivity contribution in [3.05, 3.63) is 88.5 Å². The highest BCUT2D eigenvalue weighted by Crippen LogP contribution is 2.41. The third-order valence-corrected chi connectivity index (χ3v) is 6.86. The number of halogens is 3. The van der Waals surface area contributed by atoms with Crippen molar-refractivity contribution in [2.75, 3.05) is 18.4 Å². The first-order valence-electron chi connectivity index (χ1n) is 11.2. The van der Waals surface area contributed by atoms with Gasteiger partial charge in [-0.25, -0.2) is 9.59 Å². The second-order valence-electron chi connectivity index (χ2n) is 8.21. The van der Waals surface area contributed by atoms with Gasteiger partial charge in [-0.15, -0.1) is 0 Å². The minimum absolute atomic E-state index is 0.194. The van der Waals surface area contributed by atoms with Crippen LogP contribution in [-0.2, 0) is 14.3 Å². The van der Waals surface area contributed by atoms with E-state index in [-0.39, 0.29) is 11.5 Å². The van der Waals surface area contributed by atoms with Crippen molar-refractivity contribution in [1.82, 2.24) is 4.90 Å². The molecule has 2 aromatic rings. The van der Waals surface area contributed by atoms with Crippen molar-refractivity contribution in [2.45, 2.75) is 12.6 Å². The highest BCUT2D eigenvalue weighted by Gasteiger charge is 2.42. The number of thioether (sulfide) groups is 1. The molecule has 7 nitrogen and oxygen atoms in total. The van der Waals surface area contributed by atoms with Gasteiger partial charge in [0.25, 0.3) is 5.91 Å². The number of carbonyl (C=O) groups is 3.